The predicted octanol–water partition coefficient (Wildman–Crippen LogP) is 2.21. The van der Waals surface area contributed by atoms with E-state index in [4.69, 9.17) is 0 Å². The van der Waals surface area contributed by atoms with Crippen LogP contribution in [0.25, 0.3) is 5.78 Å². The maximum atomic E-state index is 12.5. The van der Waals surface area contributed by atoms with Crippen LogP contribution in [0.5, 0.6) is 0 Å². The molecule has 132 valence electrons. The highest BCUT2D eigenvalue weighted by atomic mass is 32.2. The van der Waals surface area contributed by atoms with Gasteiger partial charge in [-0.05, 0) is 40.7 Å². The first-order chi connectivity index (χ1) is 11.8. The Morgan fingerprint density at radius 3 is 2.56 bits per heavy atom. The number of fused-ring (bicyclic) bond motifs is 1. The molecule has 1 amide bonds. The van der Waals surface area contributed by atoms with E-state index >= 15 is 0 Å². The van der Waals surface area contributed by atoms with Crippen LogP contribution in [0.4, 0.5) is 5.69 Å². The van der Waals surface area contributed by atoms with Gasteiger partial charge >= 0.3 is 0 Å². The molecule has 0 saturated heterocycles. The van der Waals surface area contributed by atoms with Crippen LogP contribution in [0.15, 0.2) is 11.2 Å². The van der Waals surface area contributed by atoms with Crippen LogP contribution >= 0.6 is 11.8 Å². The van der Waals surface area contributed by atoms with Crippen LogP contribution in [0.3, 0.4) is 0 Å². The Morgan fingerprint density at radius 2 is 1.92 bits per heavy atom. The van der Waals surface area contributed by atoms with Gasteiger partial charge in [0, 0.05) is 18.4 Å². The molecule has 0 saturated carbocycles. The second-order valence-corrected chi connectivity index (χ2v) is 7.37. The zero-order valence-corrected chi connectivity index (χ0v) is 16.0. The number of hydrogen-bond acceptors (Lipinski definition) is 6. The summed E-state index contributed by atoms with van der Waals surface area (Å²) in [6, 6.07) is 1.94. The zero-order chi connectivity index (χ0) is 18.3. The third-order valence-corrected chi connectivity index (χ3v) is 4.96. The molecule has 0 aliphatic rings. The largest absolute Gasteiger partial charge is 0.322 e. The van der Waals surface area contributed by atoms with Crippen molar-refractivity contribution in [3.63, 3.8) is 0 Å². The van der Waals surface area contributed by atoms with E-state index in [0.717, 1.165) is 28.5 Å². The summed E-state index contributed by atoms with van der Waals surface area (Å²) in [5.74, 6) is 0.440. The number of anilines is 1. The fourth-order valence-electron chi connectivity index (χ4n) is 2.59. The molecule has 3 heterocycles. The molecule has 0 radical (unpaired) electrons. The molecule has 0 spiro atoms. The molecule has 0 bridgehead atoms. The van der Waals surface area contributed by atoms with Crippen LogP contribution in [0, 0.1) is 27.7 Å². The Hall–Kier alpha value is -2.42. The minimum Gasteiger partial charge on any atom is -0.322 e. The maximum Gasteiger partial charge on any atom is 0.253 e. The number of nitrogens with one attached hydrogen (secondary N) is 1. The minimum absolute atomic E-state index is 0.107. The summed E-state index contributed by atoms with van der Waals surface area (Å²) < 4.78 is 3.44. The van der Waals surface area contributed by atoms with E-state index in [1.54, 1.807) is 9.20 Å². The molecule has 9 heteroatoms. The molecule has 3 rings (SSSR count). The topological polar surface area (TPSA) is 90.0 Å². The highest BCUT2D eigenvalue weighted by molar-refractivity contribution is 8.00. The smallest absolute Gasteiger partial charge is 0.253 e. The van der Waals surface area contributed by atoms with Crippen molar-refractivity contribution < 1.29 is 4.79 Å². The van der Waals surface area contributed by atoms with Gasteiger partial charge in [0.15, 0.2) is 0 Å². The molecule has 3 aromatic rings. The number of rotatable bonds is 4. The third-order valence-electron chi connectivity index (χ3n) is 4.01. The van der Waals surface area contributed by atoms with Gasteiger partial charge in [-0.25, -0.2) is 9.50 Å². The standard InChI is InChI=1S/C16H21N7OS/c1-8-7-9(2)23-15(17-8)19-16(21-23)25-12(5)14(24)18-13-10(3)20-22(6)11(13)4/h7,12H,1-6H3,(H,18,24)/t12-/m0/s1. The minimum atomic E-state index is -0.349. The van der Waals surface area contributed by atoms with Crippen molar-refractivity contribution in [2.24, 2.45) is 7.05 Å². The average Bonchev–Trinajstić information content (AvgIpc) is 3.03. The van der Waals surface area contributed by atoms with Crippen molar-refractivity contribution >= 4 is 29.1 Å². The first-order valence-corrected chi connectivity index (χ1v) is 8.83. The molecule has 1 N–H and O–H groups in total. The number of carbonyl (C=O) groups excluding carboxylic acids is 1. The number of aromatic nitrogens is 6. The Morgan fingerprint density at radius 1 is 1.20 bits per heavy atom. The molecule has 0 aliphatic carbocycles. The predicted molar refractivity (Wildman–Crippen MR) is 96.9 cm³/mol. The Bertz CT molecular complexity index is 959. The van der Waals surface area contributed by atoms with Crippen LogP contribution in [-0.2, 0) is 11.8 Å². The van der Waals surface area contributed by atoms with Crippen LogP contribution < -0.4 is 5.32 Å². The lowest BCUT2D eigenvalue weighted by molar-refractivity contribution is -0.115. The van der Waals surface area contributed by atoms with Gasteiger partial charge in [0.2, 0.25) is 11.1 Å². The number of aryl methyl sites for hydroxylation is 4. The number of nitrogens with zero attached hydrogens (tertiary/aromatic N) is 6. The third kappa shape index (κ3) is 3.37. The SMILES string of the molecule is Cc1cc(C)n2nc(S[C@@H](C)C(=O)Nc3c(C)nn(C)c3C)nc2n1. The van der Waals surface area contributed by atoms with Crippen molar-refractivity contribution in [2.45, 2.75) is 45.0 Å². The number of thioether (sulfide) groups is 1. The summed E-state index contributed by atoms with van der Waals surface area (Å²) in [5.41, 5.74) is 4.33. The van der Waals surface area contributed by atoms with Gasteiger partial charge in [-0.2, -0.15) is 10.1 Å². The lowest BCUT2D eigenvalue weighted by atomic mass is 10.3. The number of carbonyl (C=O) groups is 1. The molecule has 0 fully saturated rings. The highest BCUT2D eigenvalue weighted by Gasteiger charge is 2.20. The molecule has 3 aromatic heterocycles. The second-order valence-electron chi connectivity index (χ2n) is 6.06. The van der Waals surface area contributed by atoms with Gasteiger partial charge in [-0.3, -0.25) is 9.48 Å². The van der Waals surface area contributed by atoms with Gasteiger partial charge in [0.1, 0.15) is 0 Å². The summed E-state index contributed by atoms with van der Waals surface area (Å²) in [4.78, 5) is 21.3. The molecule has 0 aliphatic heterocycles. The van der Waals surface area contributed by atoms with E-state index in [-0.39, 0.29) is 11.2 Å². The zero-order valence-electron chi connectivity index (χ0n) is 15.2. The van der Waals surface area contributed by atoms with Crippen LogP contribution in [-0.4, -0.2) is 40.5 Å². The Kier molecular flexibility index (Phi) is 4.51. The van der Waals surface area contributed by atoms with Crippen LogP contribution in [0.1, 0.15) is 29.7 Å². The highest BCUT2D eigenvalue weighted by Crippen LogP contribution is 2.24. The fourth-order valence-corrected chi connectivity index (χ4v) is 3.33. The molecule has 8 nitrogen and oxygen atoms in total. The normalized spacial score (nSPS) is 12.6. The van der Waals surface area contributed by atoms with Gasteiger partial charge in [-0.1, -0.05) is 11.8 Å². The summed E-state index contributed by atoms with van der Waals surface area (Å²) in [7, 11) is 1.86. The van der Waals surface area contributed by atoms with Crippen LogP contribution in [0.2, 0.25) is 0 Å². The molecule has 25 heavy (non-hydrogen) atoms. The lowest BCUT2D eigenvalue weighted by Crippen LogP contribution is -2.23. The van der Waals surface area contributed by atoms with Gasteiger partial charge in [-0.15, -0.1) is 5.10 Å². The van der Waals surface area contributed by atoms with Crippen molar-refractivity contribution in [1.82, 2.24) is 29.4 Å². The molecule has 0 aromatic carbocycles. The van der Waals surface area contributed by atoms with Crippen molar-refractivity contribution in [3.05, 3.63) is 28.8 Å². The summed E-state index contributed by atoms with van der Waals surface area (Å²) >= 11 is 1.31. The number of amides is 1. The molecular formula is C16H21N7OS. The maximum absolute atomic E-state index is 12.5. The van der Waals surface area contributed by atoms with E-state index in [1.807, 2.05) is 47.7 Å². The first-order valence-electron chi connectivity index (χ1n) is 7.95. The average molecular weight is 359 g/mol. The van der Waals surface area contributed by atoms with Gasteiger partial charge in [0.25, 0.3) is 5.78 Å². The Balaban J connectivity index is 1.76. The fraction of sp³-hybridized carbons (Fsp3) is 0.438. The monoisotopic (exact) mass is 359 g/mol. The number of hydrogen-bond donors (Lipinski definition) is 1. The van der Waals surface area contributed by atoms with E-state index < -0.39 is 0 Å². The molecule has 1 atom stereocenters. The summed E-state index contributed by atoms with van der Waals surface area (Å²) in [6.45, 7) is 9.50. The van der Waals surface area contributed by atoms with Crippen molar-refractivity contribution in [3.8, 4) is 0 Å². The first kappa shape index (κ1) is 17.4. The Labute approximate surface area is 150 Å². The van der Waals surface area contributed by atoms with Crippen molar-refractivity contribution in [2.75, 3.05) is 5.32 Å². The summed E-state index contributed by atoms with van der Waals surface area (Å²) in [6.07, 6.45) is 0. The van der Waals surface area contributed by atoms with Gasteiger partial charge in [0.05, 0.1) is 22.3 Å². The molecule has 0 unspecified atom stereocenters. The summed E-state index contributed by atoms with van der Waals surface area (Å²) in [5, 5.41) is 11.9. The van der Waals surface area contributed by atoms with E-state index in [1.165, 1.54) is 11.8 Å². The quantitative estimate of drug-likeness (QED) is 0.718. The van der Waals surface area contributed by atoms with E-state index in [2.05, 4.69) is 25.5 Å². The van der Waals surface area contributed by atoms with Gasteiger partial charge < -0.3 is 5.32 Å². The lowest BCUT2D eigenvalue weighted by Gasteiger charge is -2.10. The second kappa shape index (κ2) is 6.47. The van der Waals surface area contributed by atoms with Crippen molar-refractivity contribution in [1.29, 1.82) is 0 Å². The van der Waals surface area contributed by atoms with E-state index in [0.29, 0.717) is 10.9 Å². The molecular weight excluding hydrogens is 338 g/mol. The van der Waals surface area contributed by atoms with E-state index in [9.17, 15) is 4.79 Å².